The monoisotopic (exact) mass is 325 g/mol. The number of carbonyl (C=O) groups is 1. The van der Waals surface area contributed by atoms with Gasteiger partial charge >= 0.3 is 0 Å². The Morgan fingerprint density at radius 2 is 2.10 bits per heavy atom. The molecule has 0 unspecified atom stereocenters. The molecule has 1 amide bonds. The first-order valence-corrected chi connectivity index (χ1v) is 8.89. The molecule has 0 radical (unpaired) electrons. The quantitative estimate of drug-likeness (QED) is 0.695. The van der Waals surface area contributed by atoms with E-state index in [4.69, 9.17) is 4.42 Å². The molecule has 7 heteroatoms. The first kappa shape index (κ1) is 16.0. The summed E-state index contributed by atoms with van der Waals surface area (Å²) in [5.41, 5.74) is 0. The zero-order chi connectivity index (χ0) is 15.1. The van der Waals surface area contributed by atoms with Crippen LogP contribution in [0.5, 0.6) is 0 Å². The van der Waals surface area contributed by atoms with Crippen LogP contribution < -0.4 is 0 Å². The minimum Gasteiger partial charge on any atom is -0.410 e. The third-order valence-electron chi connectivity index (χ3n) is 2.80. The van der Waals surface area contributed by atoms with Crippen molar-refractivity contribution in [3.8, 4) is 10.8 Å². The van der Waals surface area contributed by atoms with E-state index in [9.17, 15) is 4.79 Å². The maximum atomic E-state index is 12.1. The molecule has 0 bridgehead atoms. The average molecular weight is 325 g/mol. The highest BCUT2D eigenvalue weighted by atomic mass is 32.2. The Bertz CT molecular complexity index is 548. The SMILES string of the molecule is CCCN(CCC)C(=O)CSc1nnc(-c2cccs2)o1. The molecule has 2 aromatic heterocycles. The summed E-state index contributed by atoms with van der Waals surface area (Å²) in [5, 5.41) is 10.4. The number of thiophene rings is 1. The van der Waals surface area contributed by atoms with Crippen LogP contribution in [0.3, 0.4) is 0 Å². The molecular formula is C14H19N3O2S2. The van der Waals surface area contributed by atoms with Crippen molar-refractivity contribution in [1.29, 1.82) is 0 Å². The van der Waals surface area contributed by atoms with E-state index >= 15 is 0 Å². The molecule has 114 valence electrons. The number of nitrogens with zero attached hydrogens (tertiary/aromatic N) is 3. The molecule has 0 aliphatic carbocycles. The Kier molecular flexibility index (Phi) is 6.25. The van der Waals surface area contributed by atoms with Crippen molar-refractivity contribution in [2.75, 3.05) is 18.8 Å². The van der Waals surface area contributed by atoms with Crippen LogP contribution in [0.2, 0.25) is 0 Å². The van der Waals surface area contributed by atoms with Gasteiger partial charge in [0.2, 0.25) is 5.91 Å². The van der Waals surface area contributed by atoms with Gasteiger partial charge in [-0.25, -0.2) is 0 Å². The van der Waals surface area contributed by atoms with E-state index in [2.05, 4.69) is 24.0 Å². The van der Waals surface area contributed by atoms with Crippen LogP contribution >= 0.6 is 23.1 Å². The van der Waals surface area contributed by atoms with E-state index in [0.29, 0.717) is 16.9 Å². The van der Waals surface area contributed by atoms with Gasteiger partial charge in [0.05, 0.1) is 10.6 Å². The predicted molar refractivity (Wildman–Crippen MR) is 85.5 cm³/mol. The third-order valence-corrected chi connectivity index (χ3v) is 4.46. The highest BCUT2D eigenvalue weighted by molar-refractivity contribution is 7.99. The molecule has 0 saturated heterocycles. The fourth-order valence-electron chi connectivity index (χ4n) is 1.88. The molecule has 2 rings (SSSR count). The van der Waals surface area contributed by atoms with E-state index in [1.807, 2.05) is 22.4 Å². The number of aromatic nitrogens is 2. The van der Waals surface area contributed by atoms with E-state index < -0.39 is 0 Å². The molecule has 0 N–H and O–H groups in total. The second kappa shape index (κ2) is 8.19. The number of amides is 1. The largest absolute Gasteiger partial charge is 0.410 e. The van der Waals surface area contributed by atoms with Crippen molar-refractivity contribution < 1.29 is 9.21 Å². The van der Waals surface area contributed by atoms with Gasteiger partial charge in [-0.15, -0.1) is 21.5 Å². The van der Waals surface area contributed by atoms with Crippen molar-refractivity contribution in [2.45, 2.75) is 31.9 Å². The summed E-state index contributed by atoms with van der Waals surface area (Å²) in [4.78, 5) is 15.0. The molecule has 0 spiro atoms. The lowest BCUT2D eigenvalue weighted by molar-refractivity contribution is -0.128. The summed E-state index contributed by atoms with van der Waals surface area (Å²) >= 11 is 2.85. The van der Waals surface area contributed by atoms with Gasteiger partial charge in [-0.1, -0.05) is 31.7 Å². The lowest BCUT2D eigenvalue weighted by atomic mass is 10.3. The second-order valence-corrected chi connectivity index (χ2v) is 6.39. The molecule has 2 aromatic rings. The average Bonchev–Trinajstić information content (AvgIpc) is 3.15. The van der Waals surface area contributed by atoms with E-state index in [1.165, 1.54) is 11.8 Å². The summed E-state index contributed by atoms with van der Waals surface area (Å²) in [6.07, 6.45) is 1.94. The van der Waals surface area contributed by atoms with Crippen molar-refractivity contribution in [3.05, 3.63) is 17.5 Å². The molecule has 0 atom stereocenters. The first-order valence-electron chi connectivity index (χ1n) is 7.02. The molecule has 0 saturated carbocycles. The van der Waals surface area contributed by atoms with Crippen LogP contribution in [0.1, 0.15) is 26.7 Å². The molecule has 0 fully saturated rings. The van der Waals surface area contributed by atoms with Crippen LogP contribution in [0.25, 0.3) is 10.8 Å². The number of thioether (sulfide) groups is 1. The standard InChI is InChI=1S/C14H19N3O2S2/c1-3-7-17(8-4-2)12(18)10-21-14-16-15-13(19-14)11-6-5-9-20-11/h5-6,9H,3-4,7-8,10H2,1-2H3. The summed E-state index contributed by atoms with van der Waals surface area (Å²) < 4.78 is 5.56. The van der Waals surface area contributed by atoms with Crippen molar-refractivity contribution >= 4 is 29.0 Å². The van der Waals surface area contributed by atoms with Crippen LogP contribution in [-0.2, 0) is 4.79 Å². The molecule has 0 aromatic carbocycles. The lowest BCUT2D eigenvalue weighted by Gasteiger charge is -2.20. The zero-order valence-electron chi connectivity index (χ0n) is 12.2. The topological polar surface area (TPSA) is 59.2 Å². The molecule has 2 heterocycles. The van der Waals surface area contributed by atoms with Gasteiger partial charge in [0.1, 0.15) is 0 Å². The van der Waals surface area contributed by atoms with E-state index in [-0.39, 0.29) is 5.91 Å². The van der Waals surface area contributed by atoms with Crippen LogP contribution in [-0.4, -0.2) is 39.8 Å². The van der Waals surface area contributed by atoms with Crippen LogP contribution in [0, 0.1) is 0 Å². The second-order valence-electron chi connectivity index (χ2n) is 4.52. The third kappa shape index (κ3) is 4.57. The lowest BCUT2D eigenvalue weighted by Crippen LogP contribution is -2.33. The van der Waals surface area contributed by atoms with E-state index in [0.717, 1.165) is 30.8 Å². The number of rotatable bonds is 8. The van der Waals surface area contributed by atoms with Gasteiger partial charge in [-0.2, -0.15) is 0 Å². The van der Waals surface area contributed by atoms with Crippen molar-refractivity contribution in [2.24, 2.45) is 0 Å². The zero-order valence-corrected chi connectivity index (χ0v) is 13.9. The highest BCUT2D eigenvalue weighted by Gasteiger charge is 2.15. The Balaban J connectivity index is 1.89. The van der Waals surface area contributed by atoms with Gasteiger partial charge in [-0.05, 0) is 24.3 Å². The van der Waals surface area contributed by atoms with E-state index in [1.54, 1.807) is 11.3 Å². The van der Waals surface area contributed by atoms with Gasteiger partial charge in [0, 0.05) is 13.1 Å². The summed E-state index contributed by atoms with van der Waals surface area (Å²) in [6, 6.07) is 3.87. The smallest absolute Gasteiger partial charge is 0.277 e. The van der Waals surface area contributed by atoms with Crippen LogP contribution in [0.15, 0.2) is 27.2 Å². The summed E-state index contributed by atoms with van der Waals surface area (Å²) in [7, 11) is 0. The highest BCUT2D eigenvalue weighted by Crippen LogP contribution is 2.26. The predicted octanol–water partition coefficient (Wildman–Crippen LogP) is 3.54. The Labute approximate surface area is 132 Å². The molecule has 5 nitrogen and oxygen atoms in total. The normalized spacial score (nSPS) is 10.8. The van der Waals surface area contributed by atoms with Crippen molar-refractivity contribution in [3.63, 3.8) is 0 Å². The fraction of sp³-hybridized carbons (Fsp3) is 0.500. The maximum absolute atomic E-state index is 12.1. The molecular weight excluding hydrogens is 306 g/mol. The summed E-state index contributed by atoms with van der Waals surface area (Å²) in [5.74, 6) is 0.977. The first-order chi connectivity index (χ1) is 10.2. The van der Waals surface area contributed by atoms with Gasteiger partial charge in [0.15, 0.2) is 0 Å². The maximum Gasteiger partial charge on any atom is 0.277 e. The minimum atomic E-state index is 0.125. The minimum absolute atomic E-state index is 0.125. The number of hydrogen-bond acceptors (Lipinski definition) is 6. The fourth-order valence-corrected chi connectivity index (χ4v) is 3.19. The Morgan fingerprint density at radius 3 is 2.71 bits per heavy atom. The molecule has 0 aliphatic rings. The van der Waals surface area contributed by atoms with Gasteiger partial charge in [0.25, 0.3) is 11.1 Å². The van der Waals surface area contributed by atoms with Crippen molar-refractivity contribution in [1.82, 2.24) is 15.1 Å². The number of hydrogen-bond donors (Lipinski definition) is 0. The number of carbonyl (C=O) groups excluding carboxylic acids is 1. The molecule has 0 aliphatic heterocycles. The Morgan fingerprint density at radius 1 is 1.33 bits per heavy atom. The Hall–Kier alpha value is -1.34. The van der Waals surface area contributed by atoms with Gasteiger partial charge in [-0.3, -0.25) is 4.79 Å². The molecule has 21 heavy (non-hydrogen) atoms. The van der Waals surface area contributed by atoms with Gasteiger partial charge < -0.3 is 9.32 Å². The van der Waals surface area contributed by atoms with Crippen LogP contribution in [0.4, 0.5) is 0 Å². The summed E-state index contributed by atoms with van der Waals surface area (Å²) in [6.45, 7) is 5.76.